The number of Topliss-reactive ketones (excluding diaryl/α,β-unsaturated/α-hetero) is 1. The van der Waals surface area contributed by atoms with Crippen LogP contribution in [0.25, 0.3) is 5.57 Å². The Morgan fingerprint density at radius 2 is 1.88 bits per heavy atom. The Morgan fingerprint density at radius 1 is 1.16 bits per heavy atom. The zero-order valence-corrected chi connectivity index (χ0v) is 14.3. The first kappa shape index (κ1) is 16.8. The number of hydrogen-bond acceptors (Lipinski definition) is 5. The highest BCUT2D eigenvalue weighted by atomic mass is 16.5. The minimum absolute atomic E-state index is 0.138. The number of esters is 1. The van der Waals surface area contributed by atoms with Crippen LogP contribution >= 0.6 is 0 Å². The molecule has 25 heavy (non-hydrogen) atoms. The van der Waals surface area contributed by atoms with E-state index >= 15 is 0 Å². The van der Waals surface area contributed by atoms with Crippen molar-refractivity contribution in [2.24, 2.45) is 0 Å². The predicted molar refractivity (Wildman–Crippen MR) is 93.8 cm³/mol. The molecule has 1 aliphatic heterocycles. The largest absolute Gasteiger partial charge is 0.465 e. The van der Waals surface area contributed by atoms with Crippen molar-refractivity contribution < 1.29 is 19.1 Å². The van der Waals surface area contributed by atoms with Crippen molar-refractivity contribution in [3.63, 3.8) is 0 Å². The molecule has 5 nitrogen and oxygen atoms in total. The Kier molecular flexibility index (Phi) is 4.57. The second-order valence-corrected chi connectivity index (χ2v) is 5.75. The molecule has 0 aromatic heterocycles. The van der Waals surface area contributed by atoms with Crippen molar-refractivity contribution in [1.82, 2.24) is 5.32 Å². The molecule has 2 aromatic carbocycles. The average molecular weight is 337 g/mol. The molecule has 5 heteroatoms. The normalized spacial score (nSPS) is 16.6. The third kappa shape index (κ3) is 3.01. The molecule has 1 heterocycles. The lowest BCUT2D eigenvalue weighted by atomic mass is 9.93. The van der Waals surface area contributed by atoms with E-state index in [4.69, 9.17) is 9.47 Å². The minimum Gasteiger partial charge on any atom is -0.465 e. The van der Waals surface area contributed by atoms with Crippen LogP contribution in [0.3, 0.4) is 0 Å². The smallest absolute Gasteiger partial charge is 0.337 e. The predicted octanol–water partition coefficient (Wildman–Crippen LogP) is 3.01. The van der Waals surface area contributed by atoms with Crippen LogP contribution in [0.5, 0.6) is 0 Å². The molecule has 0 amide bonds. The maximum absolute atomic E-state index is 13.0. The summed E-state index contributed by atoms with van der Waals surface area (Å²) in [4.78, 5) is 24.9. The Morgan fingerprint density at radius 3 is 2.52 bits per heavy atom. The van der Waals surface area contributed by atoms with Crippen LogP contribution in [-0.2, 0) is 14.3 Å². The van der Waals surface area contributed by atoms with E-state index < -0.39 is 12.1 Å². The van der Waals surface area contributed by atoms with Crippen LogP contribution < -0.4 is 5.32 Å². The van der Waals surface area contributed by atoms with E-state index in [1.54, 1.807) is 25.2 Å². The number of ketones is 1. The summed E-state index contributed by atoms with van der Waals surface area (Å²) in [5.41, 5.74) is 3.16. The molecular formula is C20H19NO4. The lowest BCUT2D eigenvalue weighted by Gasteiger charge is -2.11. The number of methoxy groups -OCH3 is 1. The van der Waals surface area contributed by atoms with Gasteiger partial charge in [-0.15, -0.1) is 0 Å². The Hall–Kier alpha value is -3.08. The summed E-state index contributed by atoms with van der Waals surface area (Å²) < 4.78 is 10.6. The molecule has 1 atom stereocenters. The van der Waals surface area contributed by atoms with Gasteiger partial charge in [0.15, 0.2) is 12.0 Å². The van der Waals surface area contributed by atoms with Crippen LogP contribution in [0.4, 0.5) is 0 Å². The molecule has 1 aliphatic rings. The molecule has 0 saturated heterocycles. The van der Waals surface area contributed by atoms with Gasteiger partial charge in [0.1, 0.15) is 0 Å². The highest BCUT2D eigenvalue weighted by molar-refractivity contribution is 6.25. The first-order valence-corrected chi connectivity index (χ1v) is 7.94. The van der Waals surface area contributed by atoms with Crippen LogP contribution in [-0.4, -0.2) is 25.9 Å². The monoisotopic (exact) mass is 337 g/mol. The second-order valence-electron chi connectivity index (χ2n) is 5.75. The summed E-state index contributed by atoms with van der Waals surface area (Å²) >= 11 is 0. The standard InChI is InChI=1S/C20H19NO4/c1-12-9-10-14(20(23)24-3)11-15(12)16-17(22)18(25-19(16)21-2)13-7-5-4-6-8-13/h4-11,18,21H,1-3H3. The quantitative estimate of drug-likeness (QED) is 0.869. The summed E-state index contributed by atoms with van der Waals surface area (Å²) in [6, 6.07) is 14.5. The number of carbonyl (C=O) groups is 2. The lowest BCUT2D eigenvalue weighted by molar-refractivity contribution is -0.120. The molecule has 1 unspecified atom stereocenters. The number of rotatable bonds is 4. The fraction of sp³-hybridized carbons (Fsp3) is 0.200. The van der Waals surface area contributed by atoms with E-state index in [-0.39, 0.29) is 5.78 Å². The van der Waals surface area contributed by atoms with Crippen LogP contribution in [0.15, 0.2) is 54.4 Å². The van der Waals surface area contributed by atoms with Crippen LogP contribution in [0, 0.1) is 6.92 Å². The third-order valence-electron chi connectivity index (χ3n) is 4.20. The lowest BCUT2D eigenvalue weighted by Crippen LogP contribution is -2.10. The van der Waals surface area contributed by atoms with Gasteiger partial charge in [-0.2, -0.15) is 0 Å². The number of hydrogen-bond donors (Lipinski definition) is 1. The van der Waals surface area contributed by atoms with E-state index in [0.29, 0.717) is 22.6 Å². The zero-order chi connectivity index (χ0) is 18.0. The van der Waals surface area contributed by atoms with Gasteiger partial charge in [-0.05, 0) is 30.2 Å². The average Bonchev–Trinajstić information content (AvgIpc) is 2.98. The van der Waals surface area contributed by atoms with Gasteiger partial charge in [0.25, 0.3) is 0 Å². The van der Waals surface area contributed by atoms with E-state index in [0.717, 1.165) is 11.1 Å². The number of aryl methyl sites for hydroxylation is 1. The molecule has 3 rings (SSSR count). The fourth-order valence-electron chi connectivity index (χ4n) is 2.90. The molecule has 128 valence electrons. The summed E-state index contributed by atoms with van der Waals surface area (Å²) in [5.74, 6) is -0.177. The van der Waals surface area contributed by atoms with Gasteiger partial charge in [0.2, 0.25) is 5.78 Å². The van der Waals surface area contributed by atoms with E-state index in [1.807, 2.05) is 37.3 Å². The molecule has 0 aliphatic carbocycles. The van der Waals surface area contributed by atoms with Gasteiger partial charge in [0.05, 0.1) is 18.2 Å². The maximum Gasteiger partial charge on any atom is 0.337 e. The Labute approximate surface area is 146 Å². The Bertz CT molecular complexity index is 855. The molecule has 0 fully saturated rings. The van der Waals surface area contributed by atoms with E-state index in [1.165, 1.54) is 7.11 Å². The summed E-state index contributed by atoms with van der Waals surface area (Å²) in [6.45, 7) is 1.89. The first-order valence-electron chi connectivity index (χ1n) is 7.94. The molecule has 0 bridgehead atoms. The number of ether oxygens (including phenoxy) is 2. The minimum atomic E-state index is -0.695. The molecule has 0 radical (unpaired) electrons. The highest BCUT2D eigenvalue weighted by Gasteiger charge is 2.37. The number of benzene rings is 2. The first-order chi connectivity index (χ1) is 12.1. The third-order valence-corrected chi connectivity index (χ3v) is 4.20. The van der Waals surface area contributed by atoms with Gasteiger partial charge in [-0.3, -0.25) is 4.79 Å². The van der Waals surface area contributed by atoms with Crippen molar-refractivity contribution in [2.75, 3.05) is 14.2 Å². The highest BCUT2D eigenvalue weighted by Crippen LogP contribution is 2.38. The van der Waals surface area contributed by atoms with Crippen molar-refractivity contribution in [3.8, 4) is 0 Å². The molecular weight excluding hydrogens is 318 g/mol. The van der Waals surface area contributed by atoms with Gasteiger partial charge in [-0.25, -0.2) is 4.79 Å². The second kappa shape index (κ2) is 6.81. The summed E-state index contributed by atoms with van der Waals surface area (Å²) in [7, 11) is 3.03. The molecule has 0 spiro atoms. The summed E-state index contributed by atoms with van der Waals surface area (Å²) in [5, 5.41) is 2.95. The van der Waals surface area contributed by atoms with E-state index in [9.17, 15) is 9.59 Å². The zero-order valence-electron chi connectivity index (χ0n) is 14.3. The van der Waals surface area contributed by atoms with Crippen molar-refractivity contribution in [1.29, 1.82) is 0 Å². The van der Waals surface area contributed by atoms with Gasteiger partial charge in [-0.1, -0.05) is 36.4 Å². The Balaban J connectivity index is 2.06. The van der Waals surface area contributed by atoms with Crippen LogP contribution in [0.2, 0.25) is 0 Å². The van der Waals surface area contributed by atoms with Gasteiger partial charge in [0, 0.05) is 12.6 Å². The van der Waals surface area contributed by atoms with E-state index in [2.05, 4.69) is 5.32 Å². The van der Waals surface area contributed by atoms with Gasteiger partial charge < -0.3 is 14.8 Å². The molecule has 1 N–H and O–H groups in total. The van der Waals surface area contributed by atoms with Crippen LogP contribution in [0.1, 0.15) is 33.2 Å². The molecule has 0 saturated carbocycles. The topological polar surface area (TPSA) is 64.6 Å². The summed E-state index contributed by atoms with van der Waals surface area (Å²) in [6.07, 6.45) is -0.695. The maximum atomic E-state index is 13.0. The van der Waals surface area contributed by atoms with Gasteiger partial charge >= 0.3 is 5.97 Å². The van der Waals surface area contributed by atoms with Crippen molar-refractivity contribution in [2.45, 2.75) is 13.0 Å². The SMILES string of the molecule is CNC1=C(c2cc(C(=O)OC)ccc2C)C(=O)C(c2ccccc2)O1. The number of nitrogens with one attached hydrogen (secondary N) is 1. The number of carbonyl (C=O) groups excluding carboxylic acids is 2. The fourth-order valence-corrected chi connectivity index (χ4v) is 2.90. The van der Waals surface area contributed by atoms with Crippen molar-refractivity contribution >= 4 is 17.3 Å². The van der Waals surface area contributed by atoms with Crippen molar-refractivity contribution in [3.05, 3.63) is 76.7 Å². The molecule has 2 aromatic rings.